The normalized spacial score (nSPS) is 10.2. The van der Waals surface area contributed by atoms with Gasteiger partial charge in [-0.2, -0.15) is 0 Å². The molecule has 1 aromatic rings. The highest BCUT2D eigenvalue weighted by atomic mass is 19.1. The number of phenols is 1. The van der Waals surface area contributed by atoms with Gasteiger partial charge in [0, 0.05) is 6.42 Å². The molecular formula is C9H12FNO3. The lowest BCUT2D eigenvalue weighted by Gasteiger charge is -2.08. The van der Waals surface area contributed by atoms with Crippen LogP contribution in [0, 0.1) is 5.82 Å². The molecule has 0 amide bonds. The second kappa shape index (κ2) is 4.78. The summed E-state index contributed by atoms with van der Waals surface area (Å²) < 4.78 is 18.2. The molecule has 78 valence electrons. The lowest BCUT2D eigenvalue weighted by atomic mass is 10.1. The molecule has 0 saturated carbocycles. The summed E-state index contributed by atoms with van der Waals surface area (Å²) in [5.41, 5.74) is 0.394. The van der Waals surface area contributed by atoms with E-state index in [1.807, 2.05) is 0 Å². The Kier molecular flexibility index (Phi) is 3.67. The summed E-state index contributed by atoms with van der Waals surface area (Å²) in [4.78, 5) is 4.33. The maximum absolute atomic E-state index is 13.5. The molecule has 0 aromatic heterocycles. The van der Waals surface area contributed by atoms with E-state index in [1.165, 1.54) is 19.2 Å². The monoisotopic (exact) mass is 201 g/mol. The molecule has 0 unspecified atom stereocenters. The number of hydrogen-bond donors (Lipinski definition) is 2. The van der Waals surface area contributed by atoms with Crippen molar-refractivity contribution in [2.24, 2.45) is 5.90 Å². The average Bonchev–Trinajstić information content (AvgIpc) is 2.18. The Hall–Kier alpha value is -1.33. The van der Waals surface area contributed by atoms with Gasteiger partial charge in [-0.15, -0.1) is 0 Å². The minimum Gasteiger partial charge on any atom is -0.504 e. The Morgan fingerprint density at radius 1 is 1.50 bits per heavy atom. The Morgan fingerprint density at radius 3 is 2.79 bits per heavy atom. The molecule has 0 fully saturated rings. The van der Waals surface area contributed by atoms with Crippen LogP contribution in [-0.2, 0) is 11.3 Å². The Labute approximate surface area is 81.0 Å². The van der Waals surface area contributed by atoms with E-state index in [4.69, 9.17) is 10.6 Å². The topological polar surface area (TPSA) is 64.7 Å². The molecular weight excluding hydrogens is 189 g/mol. The van der Waals surface area contributed by atoms with Crippen molar-refractivity contribution in [2.45, 2.75) is 6.42 Å². The summed E-state index contributed by atoms with van der Waals surface area (Å²) in [6.07, 6.45) is 0.332. The van der Waals surface area contributed by atoms with Crippen LogP contribution in [0.1, 0.15) is 5.56 Å². The first-order chi connectivity index (χ1) is 6.70. The van der Waals surface area contributed by atoms with E-state index in [9.17, 15) is 9.50 Å². The average molecular weight is 201 g/mol. The van der Waals surface area contributed by atoms with Crippen molar-refractivity contribution in [3.05, 3.63) is 23.5 Å². The van der Waals surface area contributed by atoms with Gasteiger partial charge in [0.1, 0.15) is 0 Å². The van der Waals surface area contributed by atoms with Crippen LogP contribution in [0.4, 0.5) is 4.39 Å². The van der Waals surface area contributed by atoms with Crippen LogP contribution in [0.3, 0.4) is 0 Å². The summed E-state index contributed by atoms with van der Waals surface area (Å²) in [6, 6.07) is 2.83. The first-order valence-corrected chi connectivity index (χ1v) is 4.06. The third kappa shape index (κ3) is 2.12. The van der Waals surface area contributed by atoms with Crippen molar-refractivity contribution >= 4 is 0 Å². The molecule has 4 nitrogen and oxygen atoms in total. The molecule has 0 aliphatic carbocycles. The van der Waals surface area contributed by atoms with Gasteiger partial charge in [-0.05, 0) is 11.6 Å². The number of ether oxygens (including phenoxy) is 1. The van der Waals surface area contributed by atoms with Crippen LogP contribution < -0.4 is 10.6 Å². The van der Waals surface area contributed by atoms with Crippen LogP contribution in [0.15, 0.2) is 12.1 Å². The number of benzene rings is 1. The van der Waals surface area contributed by atoms with Gasteiger partial charge in [0.05, 0.1) is 13.7 Å². The van der Waals surface area contributed by atoms with Crippen molar-refractivity contribution in [2.75, 3.05) is 13.7 Å². The van der Waals surface area contributed by atoms with Crippen LogP contribution in [0.2, 0.25) is 0 Å². The van der Waals surface area contributed by atoms with E-state index < -0.39 is 5.82 Å². The number of halogens is 1. The van der Waals surface area contributed by atoms with Gasteiger partial charge < -0.3 is 14.7 Å². The third-order valence-corrected chi connectivity index (χ3v) is 1.85. The standard InChI is InChI=1S/C9H12FNO3/c1-13-9-7(12)3-2-6(8(9)10)4-5-14-11/h2-3,12H,4-5,11H2,1H3. The highest BCUT2D eigenvalue weighted by Crippen LogP contribution is 2.30. The molecule has 0 heterocycles. The minimum atomic E-state index is -0.579. The molecule has 14 heavy (non-hydrogen) atoms. The predicted octanol–water partition coefficient (Wildman–Crippen LogP) is 0.973. The summed E-state index contributed by atoms with van der Waals surface area (Å²) >= 11 is 0. The molecule has 0 bridgehead atoms. The van der Waals surface area contributed by atoms with Gasteiger partial charge in [0.15, 0.2) is 17.3 Å². The quantitative estimate of drug-likeness (QED) is 0.712. The van der Waals surface area contributed by atoms with Gasteiger partial charge in [-0.1, -0.05) is 6.07 Å². The Balaban J connectivity index is 2.96. The highest BCUT2D eigenvalue weighted by Gasteiger charge is 2.12. The Morgan fingerprint density at radius 2 is 2.21 bits per heavy atom. The SMILES string of the molecule is COc1c(O)ccc(CCON)c1F. The summed E-state index contributed by atoms with van der Waals surface area (Å²) in [5, 5.41) is 9.22. The number of phenolic OH excluding ortho intramolecular Hbond substituents is 1. The number of rotatable bonds is 4. The van der Waals surface area contributed by atoms with Gasteiger partial charge in [0.25, 0.3) is 0 Å². The first kappa shape index (κ1) is 10.7. The van der Waals surface area contributed by atoms with E-state index in [2.05, 4.69) is 4.84 Å². The fraction of sp³-hybridized carbons (Fsp3) is 0.333. The minimum absolute atomic E-state index is 0.153. The second-order valence-electron chi connectivity index (χ2n) is 2.71. The predicted molar refractivity (Wildman–Crippen MR) is 48.5 cm³/mol. The van der Waals surface area contributed by atoms with Gasteiger partial charge in [-0.25, -0.2) is 10.3 Å². The number of methoxy groups -OCH3 is 1. The summed E-state index contributed by atoms with van der Waals surface area (Å²) in [5.74, 6) is 3.87. The molecule has 3 N–H and O–H groups in total. The third-order valence-electron chi connectivity index (χ3n) is 1.85. The molecule has 0 spiro atoms. The van der Waals surface area contributed by atoms with Crippen molar-refractivity contribution in [1.29, 1.82) is 0 Å². The smallest absolute Gasteiger partial charge is 0.196 e. The second-order valence-corrected chi connectivity index (χ2v) is 2.71. The fourth-order valence-electron chi connectivity index (χ4n) is 1.14. The zero-order valence-electron chi connectivity index (χ0n) is 7.79. The van der Waals surface area contributed by atoms with Gasteiger partial charge in [-0.3, -0.25) is 0 Å². The summed E-state index contributed by atoms with van der Waals surface area (Å²) in [7, 11) is 1.29. The van der Waals surface area contributed by atoms with Crippen molar-refractivity contribution in [3.63, 3.8) is 0 Å². The lowest BCUT2D eigenvalue weighted by Crippen LogP contribution is -2.05. The van der Waals surface area contributed by atoms with E-state index in [0.29, 0.717) is 12.0 Å². The largest absolute Gasteiger partial charge is 0.504 e. The lowest BCUT2D eigenvalue weighted by molar-refractivity contribution is 0.140. The van der Waals surface area contributed by atoms with E-state index >= 15 is 0 Å². The molecule has 0 saturated heterocycles. The zero-order valence-corrected chi connectivity index (χ0v) is 7.79. The number of hydrogen-bond acceptors (Lipinski definition) is 4. The number of nitrogens with two attached hydrogens (primary N) is 1. The zero-order chi connectivity index (χ0) is 10.6. The van der Waals surface area contributed by atoms with Crippen molar-refractivity contribution in [1.82, 2.24) is 0 Å². The molecule has 1 aromatic carbocycles. The highest BCUT2D eigenvalue weighted by molar-refractivity contribution is 5.43. The van der Waals surface area contributed by atoms with Crippen LogP contribution in [-0.4, -0.2) is 18.8 Å². The van der Waals surface area contributed by atoms with Gasteiger partial charge >= 0.3 is 0 Å². The molecule has 0 radical (unpaired) electrons. The number of aromatic hydroxyl groups is 1. The Bertz CT molecular complexity index is 317. The van der Waals surface area contributed by atoms with Gasteiger partial charge in [0.2, 0.25) is 0 Å². The van der Waals surface area contributed by atoms with E-state index in [0.717, 1.165) is 0 Å². The van der Waals surface area contributed by atoms with Crippen molar-refractivity contribution in [3.8, 4) is 11.5 Å². The van der Waals surface area contributed by atoms with Crippen molar-refractivity contribution < 1.29 is 19.1 Å². The van der Waals surface area contributed by atoms with Crippen LogP contribution in [0.5, 0.6) is 11.5 Å². The fourth-order valence-corrected chi connectivity index (χ4v) is 1.14. The molecule has 0 atom stereocenters. The summed E-state index contributed by atoms with van der Waals surface area (Å²) in [6.45, 7) is 0.213. The first-order valence-electron chi connectivity index (χ1n) is 4.06. The maximum atomic E-state index is 13.5. The van der Waals surface area contributed by atoms with E-state index in [-0.39, 0.29) is 18.1 Å². The van der Waals surface area contributed by atoms with E-state index in [1.54, 1.807) is 0 Å². The molecule has 1 rings (SSSR count). The maximum Gasteiger partial charge on any atom is 0.196 e. The molecule has 0 aliphatic heterocycles. The van der Waals surface area contributed by atoms with Crippen LogP contribution in [0.25, 0.3) is 0 Å². The van der Waals surface area contributed by atoms with Crippen LogP contribution >= 0.6 is 0 Å². The molecule has 5 heteroatoms. The molecule has 0 aliphatic rings.